The first-order chi connectivity index (χ1) is 11.2. The second kappa shape index (κ2) is 7.21. The molecule has 9 heteroatoms. The van der Waals surface area contributed by atoms with E-state index in [1.807, 2.05) is 12.1 Å². The van der Waals surface area contributed by atoms with Crippen molar-refractivity contribution in [2.75, 3.05) is 24.1 Å². The SMILES string of the molecule is Clc1ccc2nsnc2c1NC1=NCCN1.Nc1ccncc1. The molecular formula is C14H14ClN7S. The normalized spacial score (nSPS) is 13.0. The van der Waals surface area contributed by atoms with Gasteiger partial charge in [-0.15, -0.1) is 0 Å². The van der Waals surface area contributed by atoms with E-state index in [4.69, 9.17) is 17.3 Å². The zero-order valence-corrected chi connectivity index (χ0v) is 13.6. The summed E-state index contributed by atoms with van der Waals surface area (Å²) in [5.74, 6) is 0.738. The number of nitrogen functional groups attached to an aromatic ring is 1. The van der Waals surface area contributed by atoms with E-state index in [0.29, 0.717) is 5.02 Å². The van der Waals surface area contributed by atoms with Gasteiger partial charge in [0.15, 0.2) is 5.96 Å². The van der Waals surface area contributed by atoms with E-state index in [2.05, 4.69) is 29.4 Å². The number of aromatic nitrogens is 3. The number of hydrogen-bond acceptors (Lipinski definition) is 8. The lowest BCUT2D eigenvalue weighted by atomic mass is 10.2. The molecule has 4 rings (SSSR count). The van der Waals surface area contributed by atoms with Crippen molar-refractivity contribution in [2.24, 2.45) is 4.99 Å². The van der Waals surface area contributed by atoms with Crippen LogP contribution in [0.15, 0.2) is 41.7 Å². The Morgan fingerprint density at radius 1 is 1.17 bits per heavy atom. The van der Waals surface area contributed by atoms with Crippen LogP contribution in [0.2, 0.25) is 5.02 Å². The van der Waals surface area contributed by atoms with Crippen LogP contribution >= 0.6 is 23.3 Å². The Kier molecular flexibility index (Phi) is 4.84. The smallest absolute Gasteiger partial charge is 0.196 e. The molecule has 7 nitrogen and oxygen atoms in total. The first-order valence-corrected chi connectivity index (χ1v) is 7.96. The molecule has 2 aromatic heterocycles. The topological polar surface area (TPSA) is 101 Å². The molecular weight excluding hydrogens is 334 g/mol. The molecule has 1 aliphatic heterocycles. The molecule has 3 aromatic rings. The number of nitrogens with two attached hydrogens (primary N) is 1. The molecule has 0 atom stereocenters. The van der Waals surface area contributed by atoms with Crippen molar-refractivity contribution in [2.45, 2.75) is 0 Å². The van der Waals surface area contributed by atoms with Crippen molar-refractivity contribution in [3.8, 4) is 0 Å². The lowest BCUT2D eigenvalue weighted by molar-refractivity contribution is 0.959. The predicted octanol–water partition coefficient (Wildman–Crippen LogP) is 2.38. The zero-order valence-electron chi connectivity index (χ0n) is 12.0. The highest BCUT2D eigenvalue weighted by Gasteiger charge is 2.13. The van der Waals surface area contributed by atoms with Crippen LogP contribution in [0.1, 0.15) is 0 Å². The minimum absolute atomic E-state index is 0.622. The Morgan fingerprint density at radius 3 is 2.65 bits per heavy atom. The molecule has 4 N–H and O–H groups in total. The standard InChI is InChI=1S/C9H8ClN5S.C5H6N2/c10-5-1-2-6-8(15-16-14-6)7(5)13-9-11-3-4-12-9;6-5-1-3-7-4-2-5/h1-2H,3-4H2,(H2,11,12,13);1-4H,(H2,6,7). The Balaban J connectivity index is 0.000000188. The van der Waals surface area contributed by atoms with Gasteiger partial charge in [0.05, 0.1) is 29.0 Å². The highest BCUT2D eigenvalue weighted by molar-refractivity contribution is 7.00. The third kappa shape index (κ3) is 3.85. The quantitative estimate of drug-likeness (QED) is 0.624. The summed E-state index contributed by atoms with van der Waals surface area (Å²) in [4.78, 5) is 8.02. The van der Waals surface area contributed by atoms with Gasteiger partial charge in [-0.3, -0.25) is 9.98 Å². The van der Waals surface area contributed by atoms with Crippen molar-refractivity contribution in [1.82, 2.24) is 19.0 Å². The van der Waals surface area contributed by atoms with E-state index in [-0.39, 0.29) is 0 Å². The van der Waals surface area contributed by atoms with E-state index in [1.54, 1.807) is 24.5 Å². The van der Waals surface area contributed by atoms with Crippen molar-refractivity contribution in [3.05, 3.63) is 41.7 Å². The van der Waals surface area contributed by atoms with Crippen LogP contribution in [0.3, 0.4) is 0 Å². The fraction of sp³-hybridized carbons (Fsp3) is 0.143. The first-order valence-electron chi connectivity index (χ1n) is 6.85. The maximum Gasteiger partial charge on any atom is 0.196 e. The molecule has 0 amide bonds. The number of aliphatic imine (C=N–C) groups is 1. The average molecular weight is 348 g/mol. The van der Waals surface area contributed by atoms with Gasteiger partial charge in [-0.2, -0.15) is 8.75 Å². The van der Waals surface area contributed by atoms with Gasteiger partial charge in [-0.25, -0.2) is 0 Å². The summed E-state index contributed by atoms with van der Waals surface area (Å²) in [5.41, 5.74) is 8.47. The molecule has 0 fully saturated rings. The maximum absolute atomic E-state index is 6.13. The molecule has 0 spiro atoms. The fourth-order valence-corrected chi connectivity index (χ4v) is 2.65. The number of guanidine groups is 1. The van der Waals surface area contributed by atoms with Crippen LogP contribution < -0.4 is 16.4 Å². The number of nitrogens with zero attached hydrogens (tertiary/aromatic N) is 4. The Labute approximate surface area is 141 Å². The molecule has 1 aliphatic rings. The van der Waals surface area contributed by atoms with Gasteiger partial charge in [-0.1, -0.05) is 11.6 Å². The van der Waals surface area contributed by atoms with E-state index >= 15 is 0 Å². The summed E-state index contributed by atoms with van der Waals surface area (Å²) < 4.78 is 8.39. The number of benzene rings is 1. The third-order valence-electron chi connectivity index (χ3n) is 3.00. The molecule has 0 saturated heterocycles. The summed E-state index contributed by atoms with van der Waals surface area (Å²) in [6, 6.07) is 7.17. The lowest BCUT2D eigenvalue weighted by Crippen LogP contribution is -2.26. The van der Waals surface area contributed by atoms with Gasteiger partial charge >= 0.3 is 0 Å². The van der Waals surface area contributed by atoms with Crippen molar-refractivity contribution < 1.29 is 0 Å². The maximum atomic E-state index is 6.13. The van der Waals surface area contributed by atoms with Crippen LogP contribution in [-0.2, 0) is 0 Å². The molecule has 0 radical (unpaired) electrons. The van der Waals surface area contributed by atoms with E-state index in [1.165, 1.54) is 11.7 Å². The van der Waals surface area contributed by atoms with Crippen LogP contribution in [0.4, 0.5) is 11.4 Å². The van der Waals surface area contributed by atoms with Gasteiger partial charge in [-0.05, 0) is 24.3 Å². The van der Waals surface area contributed by atoms with Crippen LogP contribution in [-0.4, -0.2) is 32.8 Å². The van der Waals surface area contributed by atoms with Crippen LogP contribution in [0.5, 0.6) is 0 Å². The molecule has 1 aromatic carbocycles. The molecule has 0 saturated carbocycles. The van der Waals surface area contributed by atoms with E-state index < -0.39 is 0 Å². The highest BCUT2D eigenvalue weighted by atomic mass is 35.5. The number of nitrogens with one attached hydrogen (secondary N) is 2. The number of halogens is 1. The third-order valence-corrected chi connectivity index (χ3v) is 3.86. The Bertz CT molecular complexity index is 818. The lowest BCUT2D eigenvalue weighted by Gasteiger charge is -2.08. The number of anilines is 2. The largest absolute Gasteiger partial charge is 0.399 e. The number of pyridine rings is 1. The number of hydrogen-bond donors (Lipinski definition) is 3. The highest BCUT2D eigenvalue weighted by Crippen LogP contribution is 2.29. The summed E-state index contributed by atoms with van der Waals surface area (Å²) in [6.07, 6.45) is 3.32. The van der Waals surface area contributed by atoms with Crippen molar-refractivity contribution in [3.63, 3.8) is 0 Å². The minimum atomic E-state index is 0.622. The van der Waals surface area contributed by atoms with E-state index in [9.17, 15) is 0 Å². The van der Waals surface area contributed by atoms with Gasteiger partial charge in [0.25, 0.3) is 0 Å². The van der Waals surface area contributed by atoms with Gasteiger partial charge in [0.1, 0.15) is 11.0 Å². The summed E-state index contributed by atoms with van der Waals surface area (Å²) in [6.45, 7) is 1.64. The zero-order chi connectivity index (χ0) is 16.1. The summed E-state index contributed by atoms with van der Waals surface area (Å²) >= 11 is 7.30. The minimum Gasteiger partial charge on any atom is -0.399 e. The molecule has 118 valence electrons. The monoisotopic (exact) mass is 347 g/mol. The van der Waals surface area contributed by atoms with Crippen LogP contribution in [0, 0.1) is 0 Å². The number of fused-ring (bicyclic) bond motifs is 1. The molecule has 23 heavy (non-hydrogen) atoms. The van der Waals surface area contributed by atoms with Gasteiger partial charge in [0.2, 0.25) is 0 Å². The van der Waals surface area contributed by atoms with E-state index in [0.717, 1.165) is 41.5 Å². The average Bonchev–Trinajstić information content (AvgIpc) is 3.23. The van der Waals surface area contributed by atoms with Gasteiger partial charge in [0, 0.05) is 24.6 Å². The second-order valence-corrected chi connectivity index (χ2v) is 5.55. The fourth-order valence-electron chi connectivity index (χ4n) is 1.91. The molecule has 0 unspecified atom stereocenters. The summed E-state index contributed by atoms with van der Waals surface area (Å²) in [7, 11) is 0. The Morgan fingerprint density at radius 2 is 2.00 bits per heavy atom. The second-order valence-electron chi connectivity index (χ2n) is 4.62. The predicted molar refractivity (Wildman–Crippen MR) is 95.0 cm³/mol. The number of rotatable bonds is 1. The van der Waals surface area contributed by atoms with Crippen LogP contribution in [0.25, 0.3) is 11.0 Å². The Hall–Kier alpha value is -2.45. The first kappa shape index (κ1) is 15.4. The van der Waals surface area contributed by atoms with Crippen molar-refractivity contribution >= 4 is 51.7 Å². The molecule has 0 bridgehead atoms. The van der Waals surface area contributed by atoms with Gasteiger partial charge < -0.3 is 16.4 Å². The molecule has 0 aliphatic carbocycles. The summed E-state index contributed by atoms with van der Waals surface area (Å²) in [5, 5.41) is 6.90. The van der Waals surface area contributed by atoms with Crippen molar-refractivity contribution in [1.29, 1.82) is 0 Å². The molecule has 3 heterocycles.